The van der Waals surface area contributed by atoms with Crippen molar-refractivity contribution in [1.29, 1.82) is 0 Å². The van der Waals surface area contributed by atoms with Crippen LogP contribution in [-0.2, 0) is 0 Å². The molecule has 0 unspecified atom stereocenters. The second-order valence-corrected chi connectivity index (χ2v) is 17.0. The Balaban J connectivity index is 0.996. The minimum absolute atomic E-state index is 1.05. The molecule has 0 aliphatic heterocycles. The Hall–Kier alpha value is -8.00. The van der Waals surface area contributed by atoms with Crippen LogP contribution in [-0.4, -0.2) is 0 Å². The van der Waals surface area contributed by atoms with Gasteiger partial charge in [0.25, 0.3) is 0 Å². The third-order valence-electron chi connectivity index (χ3n) is 12.4. The number of benzene rings is 6. The SMILES string of the molecule is C1=CCCC(C(=CC=Cc2ccc(N(c3ccc(C=CC=C(C4=CC=CCC4)c4ccccc4)cc3)c3ccc(C=CC=C(C4=CC=CCC4)c4ccccc4)cc3)cc2)c2ccccc2)=C1. The van der Waals surface area contributed by atoms with Crippen LogP contribution in [0.15, 0.2) is 272 Å². The lowest BCUT2D eigenvalue weighted by Crippen LogP contribution is -2.09. The van der Waals surface area contributed by atoms with Gasteiger partial charge in [0.05, 0.1) is 0 Å². The summed E-state index contributed by atoms with van der Waals surface area (Å²) in [6.45, 7) is 0. The van der Waals surface area contributed by atoms with E-state index in [0.29, 0.717) is 0 Å². The van der Waals surface area contributed by atoms with E-state index in [9.17, 15) is 0 Å². The van der Waals surface area contributed by atoms with Crippen molar-refractivity contribution in [3.8, 4) is 0 Å². The van der Waals surface area contributed by atoms with Gasteiger partial charge in [0.1, 0.15) is 0 Å². The van der Waals surface area contributed by atoms with Crippen LogP contribution < -0.4 is 4.90 Å². The molecule has 1 heteroatoms. The quantitative estimate of drug-likeness (QED) is 0.0930. The fourth-order valence-electron chi connectivity index (χ4n) is 8.92. The van der Waals surface area contributed by atoms with Crippen LogP contribution >= 0.6 is 0 Å². The van der Waals surface area contributed by atoms with Crippen LogP contribution in [0.2, 0.25) is 0 Å². The average Bonchev–Trinajstić information content (AvgIpc) is 3.41. The van der Waals surface area contributed by atoms with E-state index in [-0.39, 0.29) is 0 Å². The standard InChI is InChI=1S/C66H57N/c1-7-25-55(26-8-1)64(56-27-9-2-10-28-56)37-19-22-52-40-46-61(47-41-52)67(62-48-42-53(43-49-62)23-20-38-65(57-29-11-3-12-30-57)58-31-13-4-14-32-58)63-50-44-54(45-51-63)24-21-39-66(59-33-15-5-16-34-59)60-35-17-6-18-36-60/h1-9,11-13,15-17,19-27,29-31,33-35,37-51H,10,14,18,28,32,36H2. The molecule has 3 aliphatic rings. The Bertz CT molecular complexity index is 2640. The highest BCUT2D eigenvalue weighted by Gasteiger charge is 2.14. The molecule has 1 nitrogen and oxygen atoms in total. The van der Waals surface area contributed by atoms with E-state index < -0.39 is 0 Å². The normalized spacial score (nSPS) is 15.6. The van der Waals surface area contributed by atoms with E-state index >= 15 is 0 Å². The Morgan fingerprint density at radius 1 is 0.328 bits per heavy atom. The van der Waals surface area contributed by atoms with Gasteiger partial charge in [-0.2, -0.15) is 0 Å². The summed E-state index contributed by atoms with van der Waals surface area (Å²) in [6.07, 6.45) is 46.4. The van der Waals surface area contributed by atoms with Crippen LogP contribution in [0.4, 0.5) is 17.1 Å². The maximum absolute atomic E-state index is 2.35. The molecular weight excluding hydrogens is 807 g/mol. The molecule has 3 aliphatic carbocycles. The Kier molecular flexibility index (Phi) is 15.0. The van der Waals surface area contributed by atoms with Gasteiger partial charge >= 0.3 is 0 Å². The summed E-state index contributed by atoms with van der Waals surface area (Å²) in [5, 5.41) is 0. The van der Waals surface area contributed by atoms with E-state index in [2.05, 4.69) is 278 Å². The summed E-state index contributed by atoms with van der Waals surface area (Å²) in [7, 11) is 0. The van der Waals surface area contributed by atoms with E-state index in [4.69, 9.17) is 0 Å². The first-order chi connectivity index (χ1) is 33.2. The van der Waals surface area contributed by atoms with E-state index in [1.165, 1.54) is 50.1 Å². The molecule has 0 radical (unpaired) electrons. The van der Waals surface area contributed by atoms with Gasteiger partial charge in [0, 0.05) is 17.1 Å². The predicted octanol–water partition coefficient (Wildman–Crippen LogP) is 18.3. The third-order valence-corrected chi connectivity index (χ3v) is 12.4. The molecule has 67 heavy (non-hydrogen) atoms. The van der Waals surface area contributed by atoms with Crippen molar-refractivity contribution in [2.75, 3.05) is 4.90 Å². The van der Waals surface area contributed by atoms with Crippen molar-refractivity contribution < 1.29 is 0 Å². The van der Waals surface area contributed by atoms with Gasteiger partial charge in [-0.25, -0.2) is 0 Å². The van der Waals surface area contributed by atoms with Gasteiger partial charge < -0.3 is 4.90 Å². The third kappa shape index (κ3) is 11.8. The number of hydrogen-bond acceptors (Lipinski definition) is 1. The lowest BCUT2D eigenvalue weighted by atomic mass is 9.91. The monoisotopic (exact) mass is 863 g/mol. The highest BCUT2D eigenvalue weighted by atomic mass is 15.1. The fourth-order valence-corrected chi connectivity index (χ4v) is 8.92. The van der Waals surface area contributed by atoms with Crippen LogP contribution in [0.1, 0.15) is 71.9 Å². The highest BCUT2D eigenvalue weighted by Crippen LogP contribution is 2.36. The minimum atomic E-state index is 1.05. The molecule has 0 atom stereocenters. The minimum Gasteiger partial charge on any atom is -0.311 e. The van der Waals surface area contributed by atoms with Crippen LogP contribution in [0, 0.1) is 0 Å². The average molecular weight is 864 g/mol. The zero-order chi connectivity index (χ0) is 45.3. The maximum Gasteiger partial charge on any atom is 0.0462 e. The van der Waals surface area contributed by atoms with Gasteiger partial charge in [-0.1, -0.05) is 237 Å². The van der Waals surface area contributed by atoms with Crippen molar-refractivity contribution in [3.05, 3.63) is 305 Å². The molecule has 0 amide bonds. The smallest absolute Gasteiger partial charge is 0.0462 e. The van der Waals surface area contributed by atoms with Crippen LogP contribution in [0.5, 0.6) is 0 Å². The molecule has 9 rings (SSSR count). The van der Waals surface area contributed by atoms with Crippen molar-refractivity contribution in [3.63, 3.8) is 0 Å². The molecule has 0 heterocycles. The predicted molar refractivity (Wildman–Crippen MR) is 291 cm³/mol. The summed E-state index contributed by atoms with van der Waals surface area (Å²) in [5.41, 5.74) is 18.4. The second-order valence-electron chi connectivity index (χ2n) is 17.0. The highest BCUT2D eigenvalue weighted by molar-refractivity contribution is 5.84. The molecule has 0 aromatic heterocycles. The largest absolute Gasteiger partial charge is 0.311 e. The number of rotatable bonds is 15. The van der Waals surface area contributed by atoms with Crippen molar-refractivity contribution >= 4 is 52.0 Å². The first-order valence-electron chi connectivity index (χ1n) is 23.8. The zero-order valence-electron chi connectivity index (χ0n) is 38.2. The van der Waals surface area contributed by atoms with E-state index in [1.807, 2.05) is 0 Å². The van der Waals surface area contributed by atoms with Gasteiger partial charge in [-0.3, -0.25) is 0 Å². The van der Waals surface area contributed by atoms with Gasteiger partial charge in [0.15, 0.2) is 0 Å². The first kappa shape index (κ1) is 44.2. The van der Waals surface area contributed by atoms with E-state index in [1.54, 1.807) is 0 Å². The van der Waals surface area contributed by atoms with Crippen molar-refractivity contribution in [2.24, 2.45) is 0 Å². The number of anilines is 3. The van der Waals surface area contributed by atoms with Crippen molar-refractivity contribution in [2.45, 2.75) is 38.5 Å². The molecule has 0 fully saturated rings. The summed E-state index contributed by atoms with van der Waals surface area (Å²) < 4.78 is 0. The second kappa shape index (κ2) is 22.8. The Morgan fingerprint density at radius 3 is 0.866 bits per heavy atom. The summed E-state index contributed by atoms with van der Waals surface area (Å²) in [6, 6.07) is 58.8. The molecule has 0 N–H and O–H groups in total. The Labute approximate surface area is 398 Å². The summed E-state index contributed by atoms with van der Waals surface area (Å²) in [4.78, 5) is 2.35. The zero-order valence-corrected chi connectivity index (χ0v) is 38.2. The van der Waals surface area contributed by atoms with Crippen LogP contribution in [0.3, 0.4) is 0 Å². The lowest BCUT2D eigenvalue weighted by molar-refractivity contribution is 0.996. The maximum atomic E-state index is 2.35. The molecule has 6 aromatic rings. The molecular formula is C66H57N. The molecule has 0 bridgehead atoms. The lowest BCUT2D eigenvalue weighted by Gasteiger charge is -2.26. The Morgan fingerprint density at radius 2 is 0.612 bits per heavy atom. The van der Waals surface area contributed by atoms with Gasteiger partial charge in [0.2, 0.25) is 0 Å². The number of allylic oxidation sites excluding steroid dienone is 21. The van der Waals surface area contributed by atoms with Gasteiger partial charge in [-0.15, -0.1) is 0 Å². The topological polar surface area (TPSA) is 3.24 Å². The number of nitrogens with zero attached hydrogens (tertiary/aromatic N) is 1. The van der Waals surface area contributed by atoms with Crippen molar-refractivity contribution in [1.82, 2.24) is 0 Å². The summed E-state index contributed by atoms with van der Waals surface area (Å²) >= 11 is 0. The first-order valence-corrected chi connectivity index (χ1v) is 23.8. The molecule has 0 spiro atoms. The van der Waals surface area contributed by atoms with Gasteiger partial charge in [-0.05, 0) is 142 Å². The van der Waals surface area contributed by atoms with E-state index in [0.717, 1.165) is 72.3 Å². The molecule has 6 aromatic carbocycles. The molecule has 326 valence electrons. The summed E-state index contributed by atoms with van der Waals surface area (Å²) in [5.74, 6) is 0. The van der Waals surface area contributed by atoms with Crippen LogP contribution in [0.25, 0.3) is 34.9 Å². The molecule has 0 saturated heterocycles. The number of hydrogen-bond donors (Lipinski definition) is 0. The fraction of sp³-hybridized carbons (Fsp3) is 0.0909. The molecule has 0 saturated carbocycles.